The number of fused-ring (bicyclic) bond motifs is 1. The lowest BCUT2D eigenvalue weighted by Gasteiger charge is -2.29. The molecule has 11 aromatic carbocycles. The topological polar surface area (TPSA) is 3.24 Å². The van der Waals surface area contributed by atoms with Crippen molar-refractivity contribution in [1.29, 1.82) is 0 Å². The van der Waals surface area contributed by atoms with Gasteiger partial charge in [0.25, 0.3) is 0 Å². The van der Waals surface area contributed by atoms with Crippen LogP contribution >= 0.6 is 0 Å². The molecule has 306 valence electrons. The molecule has 0 fully saturated rings. The average molecular weight is 828 g/mol. The average Bonchev–Trinajstić information content (AvgIpc) is 3.40. The summed E-state index contributed by atoms with van der Waals surface area (Å²) < 4.78 is 0. The molecule has 0 heterocycles. The molecule has 0 spiro atoms. The van der Waals surface area contributed by atoms with Gasteiger partial charge in [0.1, 0.15) is 0 Å². The van der Waals surface area contributed by atoms with Gasteiger partial charge in [0.15, 0.2) is 0 Å². The zero-order chi connectivity index (χ0) is 43.4. The molecule has 0 aliphatic carbocycles. The summed E-state index contributed by atoms with van der Waals surface area (Å²) in [6.45, 7) is 0. The van der Waals surface area contributed by atoms with E-state index in [0.717, 1.165) is 22.6 Å². The first kappa shape index (κ1) is 39.3. The Morgan fingerprint density at radius 1 is 0.185 bits per heavy atom. The van der Waals surface area contributed by atoms with Gasteiger partial charge in [-0.3, -0.25) is 0 Å². The number of hydrogen-bond acceptors (Lipinski definition) is 1. The first-order valence-corrected chi connectivity index (χ1v) is 22.3. The zero-order valence-corrected chi connectivity index (χ0v) is 35.9. The Morgan fingerprint density at radius 3 is 1.03 bits per heavy atom. The molecule has 0 amide bonds. The standard InChI is InChI=1S/C64H45N/c1-3-15-46(16-4-1)48-27-29-49(30-28-48)51-37-41-57(42-38-51)65(58-43-39-52(40-44-58)50-31-33-53(34-32-50)56-36-35-47-17-7-8-20-55(47)45-56)64-26-14-13-25-63(64)62-24-12-11-23-61(62)60-22-10-9-21-59(60)54-18-5-2-6-19-54/h1-45H. The fourth-order valence-corrected chi connectivity index (χ4v) is 9.18. The molecule has 0 unspecified atom stereocenters. The second-order valence-electron chi connectivity index (χ2n) is 16.5. The second-order valence-corrected chi connectivity index (χ2v) is 16.5. The monoisotopic (exact) mass is 827 g/mol. The van der Waals surface area contributed by atoms with E-state index in [1.54, 1.807) is 0 Å². The van der Waals surface area contributed by atoms with Crippen LogP contribution in [0.15, 0.2) is 273 Å². The van der Waals surface area contributed by atoms with Gasteiger partial charge in [0.2, 0.25) is 0 Å². The smallest absolute Gasteiger partial charge is 0.0540 e. The maximum absolute atomic E-state index is 2.41. The molecule has 11 rings (SSSR count). The molecule has 0 bridgehead atoms. The van der Waals surface area contributed by atoms with Gasteiger partial charge >= 0.3 is 0 Å². The van der Waals surface area contributed by atoms with E-state index in [1.165, 1.54) is 83.1 Å². The Labute approximate surface area is 381 Å². The van der Waals surface area contributed by atoms with Crippen molar-refractivity contribution in [1.82, 2.24) is 0 Å². The van der Waals surface area contributed by atoms with Crippen LogP contribution < -0.4 is 4.90 Å². The van der Waals surface area contributed by atoms with E-state index in [4.69, 9.17) is 0 Å². The Balaban J connectivity index is 0.982. The third kappa shape index (κ3) is 8.04. The first-order chi connectivity index (χ1) is 32.2. The number of hydrogen-bond donors (Lipinski definition) is 0. The third-order valence-electron chi connectivity index (χ3n) is 12.5. The van der Waals surface area contributed by atoms with Crippen molar-refractivity contribution >= 4 is 27.8 Å². The zero-order valence-electron chi connectivity index (χ0n) is 35.9. The summed E-state index contributed by atoms with van der Waals surface area (Å²) in [6.07, 6.45) is 0. The van der Waals surface area contributed by atoms with Crippen LogP contribution in [0.3, 0.4) is 0 Å². The summed E-state index contributed by atoms with van der Waals surface area (Å²) in [4.78, 5) is 2.41. The molecule has 0 saturated heterocycles. The highest BCUT2D eigenvalue weighted by Gasteiger charge is 2.20. The van der Waals surface area contributed by atoms with Crippen molar-refractivity contribution < 1.29 is 0 Å². The largest absolute Gasteiger partial charge is 0.310 e. The minimum atomic E-state index is 1.08. The van der Waals surface area contributed by atoms with Gasteiger partial charge in [0.05, 0.1) is 5.69 Å². The van der Waals surface area contributed by atoms with Crippen LogP contribution in [0, 0.1) is 0 Å². The lowest BCUT2D eigenvalue weighted by Crippen LogP contribution is -2.11. The van der Waals surface area contributed by atoms with Crippen molar-refractivity contribution in [3.8, 4) is 77.9 Å². The van der Waals surface area contributed by atoms with Gasteiger partial charge in [-0.1, -0.05) is 237 Å². The number of anilines is 3. The van der Waals surface area contributed by atoms with Crippen molar-refractivity contribution in [3.05, 3.63) is 273 Å². The highest BCUT2D eigenvalue weighted by atomic mass is 15.1. The summed E-state index contributed by atoms with van der Waals surface area (Å²) in [7, 11) is 0. The summed E-state index contributed by atoms with van der Waals surface area (Å²) >= 11 is 0. The normalized spacial score (nSPS) is 11.1. The predicted octanol–water partition coefficient (Wildman–Crippen LogP) is 18.0. The fraction of sp³-hybridized carbons (Fsp3) is 0. The van der Waals surface area contributed by atoms with Gasteiger partial charge in [0, 0.05) is 16.9 Å². The van der Waals surface area contributed by atoms with E-state index in [-0.39, 0.29) is 0 Å². The van der Waals surface area contributed by atoms with Crippen molar-refractivity contribution in [2.75, 3.05) is 4.90 Å². The van der Waals surface area contributed by atoms with Gasteiger partial charge in [-0.25, -0.2) is 0 Å². The van der Waals surface area contributed by atoms with Gasteiger partial charge in [-0.2, -0.15) is 0 Å². The molecule has 0 N–H and O–H groups in total. The maximum atomic E-state index is 2.41. The fourth-order valence-electron chi connectivity index (χ4n) is 9.18. The highest BCUT2D eigenvalue weighted by Crippen LogP contribution is 2.46. The molecule has 0 radical (unpaired) electrons. The molecular weight excluding hydrogens is 783 g/mol. The SMILES string of the molecule is c1ccc(-c2ccc(-c3ccc(N(c4ccc(-c5ccc(-c6ccc7ccccc7c6)cc5)cc4)c4ccccc4-c4ccccc4-c4ccccc4-c4ccccc4)cc3)cc2)cc1. The second kappa shape index (κ2) is 17.7. The van der Waals surface area contributed by atoms with Gasteiger partial charge in [-0.05, 0) is 119 Å². The van der Waals surface area contributed by atoms with Crippen LogP contribution in [0.25, 0.3) is 88.7 Å². The Hall–Kier alpha value is -8.52. The van der Waals surface area contributed by atoms with Crippen LogP contribution in [0.5, 0.6) is 0 Å². The van der Waals surface area contributed by atoms with Crippen LogP contribution in [-0.4, -0.2) is 0 Å². The first-order valence-electron chi connectivity index (χ1n) is 22.3. The Bertz CT molecular complexity index is 3370. The van der Waals surface area contributed by atoms with Crippen molar-refractivity contribution in [3.63, 3.8) is 0 Å². The molecule has 0 aliphatic heterocycles. The predicted molar refractivity (Wildman–Crippen MR) is 277 cm³/mol. The molecule has 11 aromatic rings. The van der Waals surface area contributed by atoms with E-state index in [2.05, 4.69) is 278 Å². The number of para-hydroxylation sites is 1. The summed E-state index contributed by atoms with van der Waals surface area (Å²) in [5.74, 6) is 0. The van der Waals surface area contributed by atoms with E-state index >= 15 is 0 Å². The van der Waals surface area contributed by atoms with E-state index in [9.17, 15) is 0 Å². The molecule has 65 heavy (non-hydrogen) atoms. The van der Waals surface area contributed by atoms with E-state index < -0.39 is 0 Å². The number of benzene rings is 11. The molecule has 0 atom stereocenters. The molecule has 1 heteroatoms. The van der Waals surface area contributed by atoms with Crippen LogP contribution in [0.2, 0.25) is 0 Å². The highest BCUT2D eigenvalue weighted by molar-refractivity contribution is 5.97. The van der Waals surface area contributed by atoms with E-state index in [1.807, 2.05) is 0 Å². The van der Waals surface area contributed by atoms with Crippen molar-refractivity contribution in [2.45, 2.75) is 0 Å². The quantitative estimate of drug-likeness (QED) is 0.133. The van der Waals surface area contributed by atoms with E-state index in [0.29, 0.717) is 0 Å². The van der Waals surface area contributed by atoms with Gasteiger partial charge < -0.3 is 4.90 Å². The number of nitrogens with zero attached hydrogens (tertiary/aromatic N) is 1. The minimum Gasteiger partial charge on any atom is -0.310 e. The Kier molecular flexibility index (Phi) is 10.7. The summed E-state index contributed by atoms with van der Waals surface area (Å²) in [6, 6.07) is 98.8. The molecule has 0 aliphatic rings. The van der Waals surface area contributed by atoms with Crippen LogP contribution in [-0.2, 0) is 0 Å². The molecule has 0 saturated carbocycles. The molecule has 0 aromatic heterocycles. The Morgan fingerprint density at radius 2 is 0.508 bits per heavy atom. The third-order valence-corrected chi connectivity index (χ3v) is 12.5. The van der Waals surface area contributed by atoms with Gasteiger partial charge in [-0.15, -0.1) is 0 Å². The summed E-state index contributed by atoms with van der Waals surface area (Å²) in [5.41, 5.74) is 20.0. The van der Waals surface area contributed by atoms with Crippen molar-refractivity contribution in [2.24, 2.45) is 0 Å². The minimum absolute atomic E-state index is 1.08. The summed E-state index contributed by atoms with van der Waals surface area (Å²) in [5, 5.41) is 2.51. The lowest BCUT2D eigenvalue weighted by atomic mass is 9.88. The number of rotatable bonds is 10. The molecule has 1 nitrogen and oxygen atoms in total. The maximum Gasteiger partial charge on any atom is 0.0540 e. The lowest BCUT2D eigenvalue weighted by molar-refractivity contribution is 1.28. The van der Waals surface area contributed by atoms with Crippen LogP contribution in [0.1, 0.15) is 0 Å². The molecular formula is C64H45N. The van der Waals surface area contributed by atoms with Crippen LogP contribution in [0.4, 0.5) is 17.1 Å².